The first-order valence-corrected chi connectivity index (χ1v) is 42.0. The Morgan fingerprint density at radius 3 is 0.895 bits per heavy atom. The third kappa shape index (κ3) is 68.5. The van der Waals surface area contributed by atoms with Gasteiger partial charge in [-0.3, -0.25) is 37.3 Å². The molecule has 19 heteroatoms. The van der Waals surface area contributed by atoms with E-state index in [-0.39, 0.29) is 25.7 Å². The molecule has 0 saturated carbocycles. The van der Waals surface area contributed by atoms with Gasteiger partial charge in [0.2, 0.25) is 0 Å². The van der Waals surface area contributed by atoms with Crippen molar-refractivity contribution >= 4 is 39.5 Å². The Morgan fingerprint density at radius 2 is 0.589 bits per heavy atom. The van der Waals surface area contributed by atoms with Crippen molar-refractivity contribution in [1.29, 1.82) is 0 Å². The van der Waals surface area contributed by atoms with E-state index in [1.54, 1.807) is 0 Å². The van der Waals surface area contributed by atoms with Gasteiger partial charge in [-0.2, -0.15) is 0 Å². The van der Waals surface area contributed by atoms with Crippen LogP contribution < -0.4 is 0 Å². The summed E-state index contributed by atoms with van der Waals surface area (Å²) in [5.74, 6) is -1.30. The van der Waals surface area contributed by atoms with E-state index in [0.29, 0.717) is 25.7 Å². The molecule has 0 aromatic heterocycles. The van der Waals surface area contributed by atoms with Gasteiger partial charge in [0.15, 0.2) is 12.2 Å². The summed E-state index contributed by atoms with van der Waals surface area (Å²) in [6.45, 7) is 7.27. The maximum Gasteiger partial charge on any atom is 0.472 e. The van der Waals surface area contributed by atoms with Crippen LogP contribution in [0.2, 0.25) is 0 Å². The van der Waals surface area contributed by atoms with Crippen LogP contribution in [0.1, 0.15) is 375 Å². The van der Waals surface area contributed by atoms with Crippen molar-refractivity contribution in [2.75, 3.05) is 39.6 Å². The van der Waals surface area contributed by atoms with Crippen LogP contribution in [0, 0.1) is 5.92 Å². The molecule has 560 valence electrons. The molecule has 0 aromatic carbocycles. The fraction of sp³-hybridized carbons (Fsp3) is 0.895. The second-order valence-corrected chi connectivity index (χ2v) is 29.9. The highest BCUT2D eigenvalue weighted by Crippen LogP contribution is 2.45. The number of hydrogen-bond donors (Lipinski definition) is 3. The zero-order valence-electron chi connectivity index (χ0n) is 61.3. The minimum Gasteiger partial charge on any atom is -0.462 e. The second-order valence-electron chi connectivity index (χ2n) is 26.9. The SMILES string of the molecule is CCCCCC/C=C\C=C/CCCCCCCC(=O)OC[C@H](COP(=O)(O)OC[C@@H](O)COP(=O)(O)OC[C@@H](COC(=O)CCCCCCCCCCCC)OC(=O)CCCCCCCCCCCCCC)OC(=O)CCCCCCCCCCCCCCCCC(C)CC. The third-order valence-corrected chi connectivity index (χ3v) is 19.4. The number of ether oxygens (including phenoxy) is 4. The monoisotopic (exact) mass is 1390 g/mol. The highest BCUT2D eigenvalue weighted by Gasteiger charge is 2.30. The Labute approximate surface area is 580 Å². The molecule has 0 aliphatic carbocycles. The van der Waals surface area contributed by atoms with Gasteiger partial charge in [0.25, 0.3) is 0 Å². The first-order chi connectivity index (χ1) is 46.1. The molecule has 0 spiro atoms. The fourth-order valence-corrected chi connectivity index (χ4v) is 12.7. The van der Waals surface area contributed by atoms with Gasteiger partial charge in [-0.25, -0.2) is 9.13 Å². The quantitative estimate of drug-likeness (QED) is 0.0169. The van der Waals surface area contributed by atoms with Gasteiger partial charge in [-0.15, -0.1) is 0 Å². The maximum atomic E-state index is 13.1. The van der Waals surface area contributed by atoms with Gasteiger partial charge in [0.05, 0.1) is 26.4 Å². The number of carbonyl (C=O) groups is 4. The van der Waals surface area contributed by atoms with Crippen molar-refractivity contribution in [3.63, 3.8) is 0 Å². The van der Waals surface area contributed by atoms with Gasteiger partial charge < -0.3 is 33.8 Å². The third-order valence-electron chi connectivity index (χ3n) is 17.5. The van der Waals surface area contributed by atoms with Crippen LogP contribution in [0.5, 0.6) is 0 Å². The van der Waals surface area contributed by atoms with Crippen LogP contribution in [-0.4, -0.2) is 96.7 Å². The summed E-state index contributed by atoms with van der Waals surface area (Å²) in [4.78, 5) is 72.8. The predicted octanol–water partition coefficient (Wildman–Crippen LogP) is 22.0. The number of unbranched alkanes of at least 4 members (excludes halogenated alkanes) is 42. The summed E-state index contributed by atoms with van der Waals surface area (Å²) in [6.07, 6.45) is 60.2. The molecule has 0 heterocycles. The minimum absolute atomic E-state index is 0.101. The number of aliphatic hydroxyl groups excluding tert-OH is 1. The Kier molecular flexibility index (Phi) is 66.9. The average molecular weight is 1390 g/mol. The van der Waals surface area contributed by atoms with E-state index in [1.807, 2.05) is 0 Å². The largest absolute Gasteiger partial charge is 0.472 e. The van der Waals surface area contributed by atoms with Gasteiger partial charge in [-0.05, 0) is 57.3 Å². The summed E-state index contributed by atoms with van der Waals surface area (Å²) in [7, 11) is -9.92. The Bertz CT molecular complexity index is 1920. The van der Waals surface area contributed by atoms with Gasteiger partial charge in [0, 0.05) is 25.7 Å². The number of phosphoric ester groups is 2. The van der Waals surface area contributed by atoms with E-state index in [9.17, 15) is 43.2 Å². The van der Waals surface area contributed by atoms with E-state index >= 15 is 0 Å². The van der Waals surface area contributed by atoms with E-state index in [4.69, 9.17) is 37.0 Å². The normalized spacial score (nSPS) is 14.4. The van der Waals surface area contributed by atoms with Crippen LogP contribution in [0.3, 0.4) is 0 Å². The lowest BCUT2D eigenvalue weighted by Gasteiger charge is -2.21. The summed E-state index contributed by atoms with van der Waals surface area (Å²) >= 11 is 0. The molecular weight excluding hydrogens is 1250 g/mol. The zero-order chi connectivity index (χ0) is 69.8. The molecule has 17 nitrogen and oxygen atoms in total. The lowest BCUT2D eigenvalue weighted by Crippen LogP contribution is -2.30. The molecular formula is C76H144O17P2. The minimum atomic E-state index is -4.96. The number of allylic oxidation sites excluding steroid dienone is 4. The van der Waals surface area contributed by atoms with Crippen molar-refractivity contribution < 1.29 is 80.2 Å². The van der Waals surface area contributed by atoms with E-state index < -0.39 is 97.5 Å². The number of carbonyl (C=O) groups excluding carboxylic acids is 4. The van der Waals surface area contributed by atoms with Crippen molar-refractivity contribution in [1.82, 2.24) is 0 Å². The fourth-order valence-electron chi connectivity index (χ4n) is 11.1. The Morgan fingerprint density at radius 1 is 0.337 bits per heavy atom. The molecule has 0 aromatic rings. The summed E-state index contributed by atoms with van der Waals surface area (Å²) in [5.41, 5.74) is 0. The molecule has 0 amide bonds. The molecule has 6 atom stereocenters. The summed E-state index contributed by atoms with van der Waals surface area (Å²) in [5, 5.41) is 10.6. The molecule has 3 unspecified atom stereocenters. The molecule has 0 aliphatic heterocycles. The highest BCUT2D eigenvalue weighted by molar-refractivity contribution is 7.47. The summed E-state index contributed by atoms with van der Waals surface area (Å²) in [6, 6.07) is 0. The number of phosphoric acid groups is 2. The molecule has 0 radical (unpaired) electrons. The number of aliphatic hydroxyl groups is 1. The van der Waals surface area contributed by atoms with Crippen LogP contribution in [0.15, 0.2) is 24.3 Å². The second kappa shape index (κ2) is 68.7. The van der Waals surface area contributed by atoms with E-state index in [2.05, 4.69) is 58.9 Å². The topological polar surface area (TPSA) is 237 Å². The Balaban J connectivity index is 5.27. The molecule has 0 aliphatic rings. The molecule has 95 heavy (non-hydrogen) atoms. The van der Waals surface area contributed by atoms with Crippen LogP contribution in [0.4, 0.5) is 0 Å². The van der Waals surface area contributed by atoms with Crippen molar-refractivity contribution in [2.45, 2.75) is 393 Å². The van der Waals surface area contributed by atoms with Gasteiger partial charge >= 0.3 is 39.5 Å². The highest BCUT2D eigenvalue weighted by atomic mass is 31.2. The molecule has 3 N–H and O–H groups in total. The van der Waals surface area contributed by atoms with E-state index in [0.717, 1.165) is 115 Å². The van der Waals surface area contributed by atoms with Crippen LogP contribution in [0.25, 0.3) is 0 Å². The number of esters is 4. The first kappa shape index (κ1) is 92.5. The molecule has 0 fully saturated rings. The van der Waals surface area contributed by atoms with E-state index in [1.165, 1.54) is 180 Å². The Hall–Kier alpha value is -2.46. The van der Waals surface area contributed by atoms with Crippen molar-refractivity contribution in [2.24, 2.45) is 5.92 Å². The summed E-state index contributed by atoms with van der Waals surface area (Å²) < 4.78 is 68.5. The first-order valence-electron chi connectivity index (χ1n) is 39.0. The number of rotatable bonds is 74. The van der Waals surface area contributed by atoms with Crippen LogP contribution >= 0.6 is 15.6 Å². The standard InChI is InChI=1S/C76H144O17P2/c1-6-10-13-16-19-22-25-27-28-32-36-40-45-50-55-60-74(79)87-66-72(93-76(81)62-57-52-47-42-37-33-30-29-31-34-38-43-48-53-58-69(5)9-4)68-91-95(84,85)89-64-70(77)63-88-94(82,83)90-67-71(65-86-73(78)59-54-49-44-39-24-21-18-15-12-8-3)92-75(80)61-56-51-46-41-35-26-23-20-17-14-11-7-2/h22,25,27-28,69-72,77H,6-21,23-24,26,29-68H2,1-5H3,(H,82,83)(H,84,85)/b25-22-,28-27-/t69?,70-,71+,72+/m0/s1. The van der Waals surface area contributed by atoms with Crippen molar-refractivity contribution in [3.8, 4) is 0 Å². The average Bonchev–Trinajstić information content (AvgIpc) is 1.56. The molecule has 0 rings (SSSR count). The molecule has 0 saturated heterocycles. The van der Waals surface area contributed by atoms with Crippen LogP contribution in [-0.2, 0) is 65.4 Å². The van der Waals surface area contributed by atoms with Gasteiger partial charge in [-0.1, -0.05) is 322 Å². The van der Waals surface area contributed by atoms with Gasteiger partial charge in [0.1, 0.15) is 19.3 Å². The van der Waals surface area contributed by atoms with Crippen molar-refractivity contribution in [3.05, 3.63) is 24.3 Å². The number of hydrogen-bond acceptors (Lipinski definition) is 15. The maximum absolute atomic E-state index is 13.1. The molecule has 0 bridgehead atoms. The zero-order valence-corrected chi connectivity index (χ0v) is 63.1. The lowest BCUT2D eigenvalue weighted by atomic mass is 9.99. The smallest absolute Gasteiger partial charge is 0.462 e. The predicted molar refractivity (Wildman–Crippen MR) is 386 cm³/mol. The lowest BCUT2D eigenvalue weighted by molar-refractivity contribution is -0.161.